The van der Waals surface area contributed by atoms with Gasteiger partial charge in [0.25, 0.3) is 0 Å². The Hall–Kier alpha value is -5.26. The molecule has 3 heterocycles. The summed E-state index contributed by atoms with van der Waals surface area (Å²) in [4.78, 5) is 9.75. The lowest BCUT2D eigenvalue weighted by molar-refractivity contribution is 0.477. The van der Waals surface area contributed by atoms with Crippen LogP contribution in [0.25, 0.3) is 70.7 Å². The minimum Gasteiger partial charge on any atom is -0.507 e. The number of fused-ring (bicyclic) bond motifs is 4. The molecule has 4 nitrogen and oxygen atoms in total. The molecule has 0 spiro atoms. The van der Waals surface area contributed by atoms with E-state index in [0.29, 0.717) is 0 Å². The van der Waals surface area contributed by atoms with Gasteiger partial charge >= 0.3 is 0 Å². The second-order valence-corrected chi connectivity index (χ2v) is 11.1. The largest absolute Gasteiger partial charge is 0.507 e. The number of phenols is 1. The number of hydrogen-bond acceptors (Lipinski definition) is 4. The lowest BCUT2D eigenvalue weighted by atomic mass is 9.99. The standard InChI is InChI=1S/C36H23N3OS/c40-33-17-6-3-12-29(33)36-38-35-26(13-9-18-34(35)41-36)23-20-24(30-14-7-8-19-37-30)22-25(21-23)39-31-15-4-1-10-27(31)28-11-2-5-16-32(28)39/h1-22,40H. The number of para-hydroxylation sites is 4. The maximum atomic E-state index is 10.5. The number of pyridine rings is 1. The summed E-state index contributed by atoms with van der Waals surface area (Å²) in [6, 6.07) is 43.5. The molecule has 5 heteroatoms. The number of aromatic hydroxyl groups is 1. The summed E-state index contributed by atoms with van der Waals surface area (Å²) in [5.74, 6) is 0.235. The fourth-order valence-electron chi connectivity index (χ4n) is 5.73. The SMILES string of the molecule is Oc1ccccc1-c1nc2c(-c3cc(-c4ccccn4)cc(-n4c5ccccc5c5ccccc54)c3)cccc2s1. The van der Waals surface area contributed by atoms with E-state index in [4.69, 9.17) is 9.97 Å². The Morgan fingerprint density at radius 1 is 0.610 bits per heavy atom. The maximum absolute atomic E-state index is 10.5. The molecule has 194 valence electrons. The third-order valence-corrected chi connectivity index (χ3v) is 8.64. The van der Waals surface area contributed by atoms with Gasteiger partial charge in [-0.2, -0.15) is 0 Å². The Morgan fingerprint density at radius 2 is 1.29 bits per heavy atom. The molecule has 0 aliphatic heterocycles. The molecule has 0 unspecified atom stereocenters. The number of benzene rings is 5. The molecule has 3 aromatic heterocycles. The molecule has 1 N–H and O–H groups in total. The van der Waals surface area contributed by atoms with Crippen molar-refractivity contribution >= 4 is 43.4 Å². The number of aromatic nitrogens is 3. The van der Waals surface area contributed by atoms with Crippen LogP contribution in [0.3, 0.4) is 0 Å². The van der Waals surface area contributed by atoms with Crippen LogP contribution in [-0.4, -0.2) is 19.6 Å². The van der Waals surface area contributed by atoms with Crippen LogP contribution in [0.15, 0.2) is 134 Å². The fraction of sp³-hybridized carbons (Fsp3) is 0. The monoisotopic (exact) mass is 545 g/mol. The van der Waals surface area contributed by atoms with Gasteiger partial charge in [0.15, 0.2) is 0 Å². The van der Waals surface area contributed by atoms with Crippen molar-refractivity contribution in [3.05, 3.63) is 134 Å². The minimum absolute atomic E-state index is 0.235. The minimum atomic E-state index is 0.235. The predicted molar refractivity (Wildman–Crippen MR) is 170 cm³/mol. The molecule has 0 radical (unpaired) electrons. The highest BCUT2D eigenvalue weighted by Crippen LogP contribution is 2.41. The van der Waals surface area contributed by atoms with Gasteiger partial charge in [-0.05, 0) is 66.2 Å². The average Bonchev–Trinajstić information content (AvgIpc) is 3.61. The van der Waals surface area contributed by atoms with Gasteiger partial charge in [-0.25, -0.2) is 4.98 Å². The Morgan fingerprint density at radius 3 is 2.05 bits per heavy atom. The molecule has 0 bridgehead atoms. The van der Waals surface area contributed by atoms with Crippen LogP contribution in [0.2, 0.25) is 0 Å². The summed E-state index contributed by atoms with van der Waals surface area (Å²) in [6.45, 7) is 0. The van der Waals surface area contributed by atoms with Gasteiger partial charge in [0.05, 0.1) is 32.5 Å². The van der Waals surface area contributed by atoms with E-state index in [1.54, 1.807) is 17.4 Å². The number of nitrogens with zero attached hydrogens (tertiary/aromatic N) is 3. The summed E-state index contributed by atoms with van der Waals surface area (Å²) < 4.78 is 3.41. The van der Waals surface area contributed by atoms with Crippen molar-refractivity contribution in [2.24, 2.45) is 0 Å². The molecule has 0 saturated carbocycles. The first-order valence-corrected chi connectivity index (χ1v) is 14.3. The van der Waals surface area contributed by atoms with E-state index in [0.717, 1.165) is 59.9 Å². The fourth-order valence-corrected chi connectivity index (χ4v) is 6.76. The van der Waals surface area contributed by atoms with E-state index in [1.165, 1.54) is 10.8 Å². The van der Waals surface area contributed by atoms with E-state index in [1.807, 2.05) is 36.5 Å². The van der Waals surface area contributed by atoms with Gasteiger partial charge in [-0.3, -0.25) is 4.98 Å². The molecule has 5 aromatic carbocycles. The lowest BCUT2D eigenvalue weighted by Gasteiger charge is -2.14. The normalized spacial score (nSPS) is 11.5. The third-order valence-electron chi connectivity index (χ3n) is 7.58. The second-order valence-electron chi connectivity index (χ2n) is 10.0. The maximum Gasteiger partial charge on any atom is 0.128 e. The summed E-state index contributed by atoms with van der Waals surface area (Å²) in [5, 5.41) is 13.8. The van der Waals surface area contributed by atoms with Crippen molar-refractivity contribution in [3.63, 3.8) is 0 Å². The van der Waals surface area contributed by atoms with Crippen LogP contribution in [0.4, 0.5) is 0 Å². The summed E-state index contributed by atoms with van der Waals surface area (Å²) >= 11 is 1.59. The molecule has 8 aromatic rings. The van der Waals surface area contributed by atoms with Crippen LogP contribution >= 0.6 is 11.3 Å². The highest BCUT2D eigenvalue weighted by molar-refractivity contribution is 7.21. The molecule has 41 heavy (non-hydrogen) atoms. The number of hydrogen-bond donors (Lipinski definition) is 1. The van der Waals surface area contributed by atoms with Crippen LogP contribution < -0.4 is 0 Å². The van der Waals surface area contributed by atoms with Crippen LogP contribution in [0.5, 0.6) is 5.75 Å². The van der Waals surface area contributed by atoms with E-state index in [9.17, 15) is 5.11 Å². The van der Waals surface area contributed by atoms with Crippen LogP contribution in [0.1, 0.15) is 0 Å². The Labute approximate surface area is 240 Å². The van der Waals surface area contributed by atoms with Crippen LogP contribution in [-0.2, 0) is 0 Å². The zero-order valence-corrected chi connectivity index (χ0v) is 22.7. The van der Waals surface area contributed by atoms with Crippen molar-refractivity contribution in [1.82, 2.24) is 14.5 Å². The molecule has 0 saturated heterocycles. The highest BCUT2D eigenvalue weighted by Gasteiger charge is 2.17. The van der Waals surface area contributed by atoms with E-state index in [2.05, 4.69) is 95.6 Å². The van der Waals surface area contributed by atoms with Gasteiger partial charge in [0.1, 0.15) is 10.8 Å². The number of thiazole rings is 1. The molecular formula is C36H23N3OS. The topological polar surface area (TPSA) is 50.9 Å². The smallest absolute Gasteiger partial charge is 0.128 e. The second kappa shape index (κ2) is 9.44. The van der Waals surface area contributed by atoms with Gasteiger partial charge < -0.3 is 9.67 Å². The zero-order valence-electron chi connectivity index (χ0n) is 21.9. The third kappa shape index (κ3) is 3.90. The van der Waals surface area contributed by atoms with E-state index >= 15 is 0 Å². The summed E-state index contributed by atoms with van der Waals surface area (Å²) in [6.07, 6.45) is 1.84. The number of phenolic OH excluding ortho intramolecular Hbond substituents is 1. The average molecular weight is 546 g/mol. The molecule has 0 atom stereocenters. The van der Waals surface area contributed by atoms with E-state index < -0.39 is 0 Å². The summed E-state index contributed by atoms with van der Waals surface area (Å²) in [7, 11) is 0. The zero-order chi connectivity index (χ0) is 27.3. The van der Waals surface area contributed by atoms with Crippen molar-refractivity contribution in [1.29, 1.82) is 0 Å². The van der Waals surface area contributed by atoms with Gasteiger partial charge in [0, 0.05) is 33.8 Å². The first-order chi connectivity index (χ1) is 20.2. The van der Waals surface area contributed by atoms with Crippen molar-refractivity contribution in [3.8, 4) is 44.4 Å². The molecule has 8 rings (SSSR count). The molecule has 0 amide bonds. The molecule has 0 aliphatic rings. The first-order valence-electron chi connectivity index (χ1n) is 13.5. The Kier molecular flexibility index (Phi) is 5.43. The lowest BCUT2D eigenvalue weighted by Crippen LogP contribution is -1.96. The van der Waals surface area contributed by atoms with Crippen LogP contribution in [0, 0.1) is 0 Å². The van der Waals surface area contributed by atoms with Crippen molar-refractivity contribution < 1.29 is 5.11 Å². The molecule has 0 fully saturated rings. The Bertz CT molecular complexity index is 2180. The van der Waals surface area contributed by atoms with Crippen molar-refractivity contribution in [2.75, 3.05) is 0 Å². The molecular weight excluding hydrogens is 522 g/mol. The number of rotatable bonds is 4. The predicted octanol–water partition coefficient (Wildman–Crippen LogP) is 9.49. The molecule has 0 aliphatic carbocycles. The van der Waals surface area contributed by atoms with Gasteiger partial charge in [-0.1, -0.05) is 66.7 Å². The van der Waals surface area contributed by atoms with Gasteiger partial charge in [-0.15, -0.1) is 11.3 Å². The van der Waals surface area contributed by atoms with Crippen molar-refractivity contribution in [2.45, 2.75) is 0 Å². The quantitative estimate of drug-likeness (QED) is 0.240. The van der Waals surface area contributed by atoms with Gasteiger partial charge in [0.2, 0.25) is 0 Å². The first kappa shape index (κ1) is 23.6. The summed E-state index contributed by atoms with van der Waals surface area (Å²) in [5.41, 5.74) is 9.09. The Balaban J connectivity index is 1.41. The highest BCUT2D eigenvalue weighted by atomic mass is 32.1. The van der Waals surface area contributed by atoms with E-state index in [-0.39, 0.29) is 5.75 Å².